The highest BCUT2D eigenvalue weighted by Crippen LogP contribution is 2.40. The van der Waals surface area contributed by atoms with Gasteiger partial charge in [-0.05, 0) is 50.1 Å². The standard InChI is InChI=1S/C14H17F3N2O/c1-19-6-4-13(5-7-19)9-10-8-11(20-14(15,16)17)2-3-12(10)18-13/h2-3,8,18H,4-7,9H2,1H3. The van der Waals surface area contributed by atoms with Gasteiger partial charge in [-0.1, -0.05) is 0 Å². The molecule has 0 aliphatic carbocycles. The predicted molar refractivity (Wildman–Crippen MR) is 69.9 cm³/mol. The van der Waals surface area contributed by atoms with E-state index in [0.717, 1.165) is 43.6 Å². The van der Waals surface area contributed by atoms with E-state index < -0.39 is 6.36 Å². The summed E-state index contributed by atoms with van der Waals surface area (Å²) in [5.74, 6) is -0.136. The minimum absolute atomic E-state index is 0.00565. The highest BCUT2D eigenvalue weighted by atomic mass is 19.4. The van der Waals surface area contributed by atoms with E-state index >= 15 is 0 Å². The van der Waals surface area contributed by atoms with Gasteiger partial charge in [0.2, 0.25) is 0 Å². The molecule has 3 rings (SSSR count). The van der Waals surface area contributed by atoms with E-state index in [2.05, 4.69) is 22.0 Å². The summed E-state index contributed by atoms with van der Waals surface area (Å²) in [6.45, 7) is 2.01. The van der Waals surface area contributed by atoms with Crippen molar-refractivity contribution < 1.29 is 17.9 Å². The summed E-state index contributed by atoms with van der Waals surface area (Å²) in [6, 6.07) is 4.56. The number of alkyl halides is 3. The third-order valence-corrected chi connectivity index (χ3v) is 4.18. The normalized spacial score (nSPS) is 21.6. The highest BCUT2D eigenvalue weighted by Gasteiger charge is 2.39. The molecular weight excluding hydrogens is 269 g/mol. The zero-order chi connectivity index (χ0) is 14.4. The Kier molecular flexibility index (Phi) is 3.08. The van der Waals surface area contributed by atoms with Gasteiger partial charge in [0.1, 0.15) is 5.75 Å². The lowest BCUT2D eigenvalue weighted by molar-refractivity contribution is -0.274. The van der Waals surface area contributed by atoms with Crippen LogP contribution in [0.3, 0.4) is 0 Å². The summed E-state index contributed by atoms with van der Waals surface area (Å²) in [7, 11) is 2.09. The lowest BCUT2D eigenvalue weighted by Gasteiger charge is -2.38. The minimum atomic E-state index is -4.63. The Bertz CT molecular complexity index is 508. The first-order valence-corrected chi connectivity index (χ1v) is 6.71. The van der Waals surface area contributed by atoms with Crippen LogP contribution in [0.5, 0.6) is 5.75 Å². The molecule has 1 aromatic rings. The van der Waals surface area contributed by atoms with Crippen molar-refractivity contribution in [2.24, 2.45) is 0 Å². The number of likely N-dealkylation sites (tertiary alicyclic amines) is 1. The molecule has 2 heterocycles. The van der Waals surface area contributed by atoms with Crippen LogP contribution in [0, 0.1) is 0 Å². The molecule has 1 fully saturated rings. The monoisotopic (exact) mass is 286 g/mol. The third-order valence-electron chi connectivity index (χ3n) is 4.18. The summed E-state index contributed by atoms with van der Waals surface area (Å²) in [4.78, 5) is 2.27. The molecule has 0 amide bonds. The molecule has 1 N–H and O–H groups in total. The molecule has 110 valence electrons. The van der Waals surface area contributed by atoms with Crippen molar-refractivity contribution in [2.75, 3.05) is 25.5 Å². The molecule has 3 nitrogen and oxygen atoms in total. The number of nitrogens with one attached hydrogen (secondary N) is 1. The van der Waals surface area contributed by atoms with Gasteiger partial charge in [0.15, 0.2) is 0 Å². The van der Waals surface area contributed by atoms with E-state index in [1.165, 1.54) is 12.1 Å². The predicted octanol–water partition coefficient (Wildman–Crippen LogP) is 3.02. The van der Waals surface area contributed by atoms with Crippen LogP contribution in [0.4, 0.5) is 18.9 Å². The first-order valence-electron chi connectivity index (χ1n) is 6.71. The van der Waals surface area contributed by atoms with Crippen LogP contribution in [0.15, 0.2) is 18.2 Å². The molecule has 0 aromatic heterocycles. The fourth-order valence-electron chi connectivity index (χ4n) is 3.08. The molecule has 0 unspecified atom stereocenters. The maximum absolute atomic E-state index is 12.2. The summed E-state index contributed by atoms with van der Waals surface area (Å²) in [5.41, 5.74) is 1.85. The van der Waals surface area contributed by atoms with Crippen LogP contribution in [0.1, 0.15) is 18.4 Å². The van der Waals surface area contributed by atoms with Gasteiger partial charge in [-0.15, -0.1) is 13.2 Å². The average Bonchev–Trinajstić information content (AvgIpc) is 2.69. The molecule has 0 radical (unpaired) electrons. The van der Waals surface area contributed by atoms with Gasteiger partial charge < -0.3 is 15.0 Å². The van der Waals surface area contributed by atoms with Gasteiger partial charge in [0.25, 0.3) is 0 Å². The Morgan fingerprint density at radius 1 is 1.25 bits per heavy atom. The number of nitrogens with zero attached hydrogens (tertiary/aromatic N) is 1. The first-order chi connectivity index (χ1) is 9.35. The smallest absolute Gasteiger partial charge is 0.406 e. The Balaban J connectivity index is 1.77. The van der Waals surface area contributed by atoms with E-state index in [9.17, 15) is 13.2 Å². The Hall–Kier alpha value is -1.43. The Labute approximate surface area is 115 Å². The summed E-state index contributed by atoms with van der Waals surface area (Å²) in [5, 5.41) is 3.50. The van der Waals surface area contributed by atoms with Gasteiger partial charge in [0.05, 0.1) is 0 Å². The van der Waals surface area contributed by atoms with Crippen molar-refractivity contribution in [3.8, 4) is 5.75 Å². The molecule has 0 bridgehead atoms. The van der Waals surface area contributed by atoms with Crippen LogP contribution in [-0.2, 0) is 6.42 Å². The van der Waals surface area contributed by atoms with Gasteiger partial charge in [-0.25, -0.2) is 0 Å². The molecule has 1 saturated heterocycles. The molecular formula is C14H17F3N2O. The second-order valence-corrected chi connectivity index (χ2v) is 5.75. The van der Waals surface area contributed by atoms with E-state index in [0.29, 0.717) is 0 Å². The second-order valence-electron chi connectivity index (χ2n) is 5.75. The largest absolute Gasteiger partial charge is 0.573 e. The Morgan fingerprint density at radius 2 is 1.95 bits per heavy atom. The van der Waals surface area contributed by atoms with Crippen LogP contribution < -0.4 is 10.1 Å². The van der Waals surface area contributed by atoms with Crippen molar-refractivity contribution in [1.29, 1.82) is 0 Å². The topological polar surface area (TPSA) is 24.5 Å². The van der Waals surface area contributed by atoms with Crippen molar-refractivity contribution in [1.82, 2.24) is 4.90 Å². The van der Waals surface area contributed by atoms with Crippen LogP contribution >= 0.6 is 0 Å². The minimum Gasteiger partial charge on any atom is -0.406 e. The van der Waals surface area contributed by atoms with E-state index in [-0.39, 0.29) is 11.3 Å². The zero-order valence-electron chi connectivity index (χ0n) is 11.3. The lowest BCUT2D eigenvalue weighted by Crippen LogP contribution is -2.47. The molecule has 20 heavy (non-hydrogen) atoms. The molecule has 6 heteroatoms. The molecule has 0 atom stereocenters. The Morgan fingerprint density at radius 3 is 2.60 bits per heavy atom. The van der Waals surface area contributed by atoms with Crippen molar-refractivity contribution >= 4 is 5.69 Å². The number of halogens is 3. The molecule has 2 aliphatic heterocycles. The van der Waals surface area contributed by atoms with Gasteiger partial charge in [-0.3, -0.25) is 0 Å². The number of benzene rings is 1. The number of piperidine rings is 1. The maximum atomic E-state index is 12.2. The highest BCUT2D eigenvalue weighted by molar-refractivity contribution is 5.61. The number of hydrogen-bond donors (Lipinski definition) is 1. The number of ether oxygens (including phenoxy) is 1. The maximum Gasteiger partial charge on any atom is 0.573 e. The van der Waals surface area contributed by atoms with Crippen molar-refractivity contribution in [2.45, 2.75) is 31.2 Å². The van der Waals surface area contributed by atoms with Gasteiger partial charge >= 0.3 is 6.36 Å². The van der Waals surface area contributed by atoms with E-state index in [4.69, 9.17) is 0 Å². The van der Waals surface area contributed by atoms with Crippen molar-refractivity contribution in [3.63, 3.8) is 0 Å². The number of hydrogen-bond acceptors (Lipinski definition) is 3. The van der Waals surface area contributed by atoms with Crippen LogP contribution in [0.25, 0.3) is 0 Å². The molecule has 2 aliphatic rings. The molecule has 1 spiro atoms. The van der Waals surface area contributed by atoms with Crippen LogP contribution in [-0.4, -0.2) is 36.9 Å². The summed E-state index contributed by atoms with van der Waals surface area (Å²) in [6.07, 6.45) is -1.85. The van der Waals surface area contributed by atoms with Crippen LogP contribution in [0.2, 0.25) is 0 Å². The zero-order valence-corrected chi connectivity index (χ0v) is 11.3. The quantitative estimate of drug-likeness (QED) is 0.859. The molecule has 1 aromatic carbocycles. The van der Waals surface area contributed by atoms with Gasteiger partial charge in [0, 0.05) is 24.3 Å². The fourth-order valence-corrected chi connectivity index (χ4v) is 3.08. The summed E-state index contributed by atoms with van der Waals surface area (Å²) >= 11 is 0. The fraction of sp³-hybridized carbons (Fsp3) is 0.571. The number of fused-ring (bicyclic) bond motifs is 1. The SMILES string of the molecule is CN1CCC2(CC1)Cc1cc(OC(F)(F)F)ccc1N2. The van der Waals surface area contributed by atoms with E-state index in [1.807, 2.05) is 0 Å². The van der Waals surface area contributed by atoms with Crippen molar-refractivity contribution in [3.05, 3.63) is 23.8 Å². The third kappa shape index (κ3) is 2.70. The van der Waals surface area contributed by atoms with Gasteiger partial charge in [-0.2, -0.15) is 0 Å². The second kappa shape index (κ2) is 4.55. The first kappa shape index (κ1) is 13.5. The number of anilines is 1. The molecule has 0 saturated carbocycles. The van der Waals surface area contributed by atoms with E-state index in [1.54, 1.807) is 6.07 Å². The average molecular weight is 286 g/mol. The number of rotatable bonds is 1. The lowest BCUT2D eigenvalue weighted by atomic mass is 9.85. The summed E-state index contributed by atoms with van der Waals surface area (Å²) < 4.78 is 40.7.